The number of carbonyl (C=O) groups excluding carboxylic acids is 1. The average Bonchev–Trinajstić information content (AvgIpc) is 2.32. The SMILES string of the molecule is CC/C=N/N(C(=O)OCC)c1ccc(Cl)nn1. The van der Waals surface area contributed by atoms with Gasteiger partial charge in [-0.2, -0.15) is 5.10 Å². The van der Waals surface area contributed by atoms with Gasteiger partial charge >= 0.3 is 6.09 Å². The highest BCUT2D eigenvalue weighted by atomic mass is 35.5. The molecule has 1 heterocycles. The van der Waals surface area contributed by atoms with Gasteiger partial charge in [0, 0.05) is 6.21 Å². The van der Waals surface area contributed by atoms with Crippen LogP contribution in [0.4, 0.5) is 10.6 Å². The first-order valence-corrected chi connectivity index (χ1v) is 5.55. The van der Waals surface area contributed by atoms with E-state index in [1.54, 1.807) is 19.2 Å². The molecule has 0 atom stereocenters. The average molecular weight is 257 g/mol. The molecule has 0 saturated carbocycles. The number of rotatable bonds is 4. The van der Waals surface area contributed by atoms with E-state index in [1.807, 2.05) is 6.92 Å². The third kappa shape index (κ3) is 3.99. The van der Waals surface area contributed by atoms with Crippen molar-refractivity contribution in [2.45, 2.75) is 20.3 Å². The normalized spacial score (nSPS) is 10.5. The number of amides is 1. The zero-order chi connectivity index (χ0) is 12.7. The molecule has 0 aromatic carbocycles. The van der Waals surface area contributed by atoms with Gasteiger partial charge in [-0.1, -0.05) is 18.5 Å². The van der Waals surface area contributed by atoms with Crippen molar-refractivity contribution in [1.82, 2.24) is 10.2 Å². The molecule has 0 bridgehead atoms. The second-order valence-electron chi connectivity index (χ2n) is 2.93. The fourth-order valence-corrected chi connectivity index (χ4v) is 1.07. The van der Waals surface area contributed by atoms with Gasteiger partial charge in [0.15, 0.2) is 11.0 Å². The van der Waals surface area contributed by atoms with Gasteiger partial charge in [-0.25, -0.2) is 4.79 Å². The van der Waals surface area contributed by atoms with Crippen LogP contribution < -0.4 is 5.01 Å². The molecular weight excluding hydrogens is 244 g/mol. The summed E-state index contributed by atoms with van der Waals surface area (Å²) in [6, 6.07) is 3.07. The van der Waals surface area contributed by atoms with Crippen molar-refractivity contribution in [2.75, 3.05) is 11.6 Å². The Morgan fingerprint density at radius 2 is 2.29 bits per heavy atom. The van der Waals surface area contributed by atoms with Crippen molar-refractivity contribution < 1.29 is 9.53 Å². The van der Waals surface area contributed by atoms with Gasteiger partial charge in [0.2, 0.25) is 0 Å². The van der Waals surface area contributed by atoms with Gasteiger partial charge in [-0.15, -0.1) is 15.2 Å². The van der Waals surface area contributed by atoms with E-state index in [2.05, 4.69) is 15.3 Å². The molecule has 17 heavy (non-hydrogen) atoms. The Kier molecular flexibility index (Phi) is 5.35. The zero-order valence-electron chi connectivity index (χ0n) is 9.63. The largest absolute Gasteiger partial charge is 0.448 e. The first-order chi connectivity index (χ1) is 8.19. The lowest BCUT2D eigenvalue weighted by Gasteiger charge is -2.14. The number of hydrazone groups is 1. The fourth-order valence-electron chi connectivity index (χ4n) is 0.970. The minimum atomic E-state index is -0.603. The molecule has 1 amide bonds. The summed E-state index contributed by atoms with van der Waals surface area (Å²) in [7, 11) is 0. The van der Waals surface area contributed by atoms with E-state index in [9.17, 15) is 4.79 Å². The van der Waals surface area contributed by atoms with Crippen LogP contribution >= 0.6 is 11.6 Å². The van der Waals surface area contributed by atoms with E-state index < -0.39 is 6.09 Å². The number of hydrogen-bond donors (Lipinski definition) is 0. The summed E-state index contributed by atoms with van der Waals surface area (Å²) >= 11 is 5.61. The Bertz CT molecular complexity index is 394. The number of nitrogens with zero attached hydrogens (tertiary/aromatic N) is 4. The summed E-state index contributed by atoms with van der Waals surface area (Å²) in [5, 5.41) is 12.6. The monoisotopic (exact) mass is 256 g/mol. The molecule has 0 aliphatic rings. The van der Waals surface area contributed by atoms with Crippen LogP contribution in [0.5, 0.6) is 0 Å². The molecule has 1 aromatic rings. The van der Waals surface area contributed by atoms with Gasteiger partial charge in [-0.05, 0) is 25.5 Å². The molecule has 1 rings (SSSR count). The van der Waals surface area contributed by atoms with Crippen LogP contribution in [0, 0.1) is 0 Å². The first kappa shape index (κ1) is 13.4. The van der Waals surface area contributed by atoms with E-state index in [-0.39, 0.29) is 17.6 Å². The molecule has 0 N–H and O–H groups in total. The third-order valence-electron chi connectivity index (χ3n) is 1.66. The summed E-state index contributed by atoms with van der Waals surface area (Å²) in [4.78, 5) is 11.6. The fraction of sp³-hybridized carbons (Fsp3) is 0.400. The molecule has 0 aliphatic heterocycles. The maximum absolute atomic E-state index is 11.6. The summed E-state index contributed by atoms with van der Waals surface area (Å²) in [5.41, 5.74) is 0. The smallest absolute Gasteiger partial charge is 0.436 e. The van der Waals surface area contributed by atoms with E-state index in [1.165, 1.54) is 6.07 Å². The Hall–Kier alpha value is -1.69. The van der Waals surface area contributed by atoms with Crippen molar-refractivity contribution >= 4 is 29.7 Å². The Morgan fingerprint density at radius 1 is 1.53 bits per heavy atom. The number of carbonyl (C=O) groups is 1. The Morgan fingerprint density at radius 3 is 2.82 bits per heavy atom. The maximum atomic E-state index is 11.6. The van der Waals surface area contributed by atoms with Gasteiger partial charge in [0.1, 0.15) is 0 Å². The molecule has 0 spiro atoms. The molecule has 1 aromatic heterocycles. The van der Waals surface area contributed by atoms with Crippen molar-refractivity contribution in [2.24, 2.45) is 5.10 Å². The summed E-state index contributed by atoms with van der Waals surface area (Å²) < 4.78 is 4.86. The molecule has 0 aliphatic carbocycles. The second-order valence-corrected chi connectivity index (χ2v) is 3.32. The van der Waals surface area contributed by atoms with Gasteiger partial charge in [-0.3, -0.25) is 0 Å². The highest BCUT2D eigenvalue weighted by Gasteiger charge is 2.17. The van der Waals surface area contributed by atoms with Crippen molar-refractivity contribution in [3.8, 4) is 0 Å². The lowest BCUT2D eigenvalue weighted by molar-refractivity contribution is 0.160. The third-order valence-corrected chi connectivity index (χ3v) is 1.86. The molecule has 7 heteroatoms. The molecule has 0 saturated heterocycles. The Labute approximate surface area is 104 Å². The second kappa shape index (κ2) is 6.80. The van der Waals surface area contributed by atoms with Crippen LogP contribution in [0.3, 0.4) is 0 Å². The lowest BCUT2D eigenvalue weighted by Crippen LogP contribution is -2.27. The summed E-state index contributed by atoms with van der Waals surface area (Å²) in [6.07, 6.45) is 1.67. The van der Waals surface area contributed by atoms with Crippen LogP contribution in [0.25, 0.3) is 0 Å². The molecular formula is C10H13ClN4O2. The van der Waals surface area contributed by atoms with E-state index in [4.69, 9.17) is 16.3 Å². The quantitative estimate of drug-likeness (QED) is 0.613. The number of anilines is 1. The number of halogens is 1. The van der Waals surface area contributed by atoms with Crippen molar-refractivity contribution in [3.05, 3.63) is 17.3 Å². The standard InChI is InChI=1S/C10H13ClN4O2/c1-3-7-12-15(10(16)17-4-2)9-6-5-8(11)13-14-9/h5-7H,3-4H2,1-2H3/b12-7+. The number of ether oxygens (including phenoxy) is 1. The molecule has 6 nitrogen and oxygen atoms in total. The number of hydrogen-bond acceptors (Lipinski definition) is 5. The molecule has 92 valence electrons. The van der Waals surface area contributed by atoms with E-state index in [0.29, 0.717) is 6.42 Å². The van der Waals surface area contributed by atoms with Crippen molar-refractivity contribution in [1.29, 1.82) is 0 Å². The minimum Gasteiger partial charge on any atom is -0.448 e. The molecule has 0 unspecified atom stereocenters. The predicted molar refractivity (Wildman–Crippen MR) is 65.3 cm³/mol. The van der Waals surface area contributed by atoms with Gasteiger partial charge < -0.3 is 4.74 Å². The predicted octanol–water partition coefficient (Wildman–Crippen LogP) is 2.49. The molecule has 0 fully saturated rings. The van der Waals surface area contributed by atoms with E-state index >= 15 is 0 Å². The summed E-state index contributed by atoms with van der Waals surface area (Å²) in [6.45, 7) is 3.88. The van der Waals surface area contributed by atoms with Crippen LogP contribution in [-0.2, 0) is 4.74 Å². The van der Waals surface area contributed by atoms with Gasteiger partial charge in [0.25, 0.3) is 0 Å². The van der Waals surface area contributed by atoms with Crippen LogP contribution in [-0.4, -0.2) is 29.1 Å². The van der Waals surface area contributed by atoms with Gasteiger partial charge in [0.05, 0.1) is 6.61 Å². The van der Waals surface area contributed by atoms with Crippen LogP contribution in [0.2, 0.25) is 5.15 Å². The maximum Gasteiger partial charge on any atom is 0.436 e. The van der Waals surface area contributed by atoms with Crippen LogP contribution in [0.1, 0.15) is 20.3 Å². The Balaban J connectivity index is 2.93. The van der Waals surface area contributed by atoms with E-state index in [0.717, 1.165) is 5.01 Å². The number of aromatic nitrogens is 2. The summed E-state index contributed by atoms with van der Waals surface area (Å²) in [5.74, 6) is 0.262. The molecule has 0 radical (unpaired) electrons. The van der Waals surface area contributed by atoms with Crippen LogP contribution in [0.15, 0.2) is 17.2 Å². The zero-order valence-corrected chi connectivity index (χ0v) is 10.4. The first-order valence-electron chi connectivity index (χ1n) is 5.17. The highest BCUT2D eigenvalue weighted by Crippen LogP contribution is 2.13. The highest BCUT2D eigenvalue weighted by molar-refractivity contribution is 6.29. The van der Waals surface area contributed by atoms with Crippen molar-refractivity contribution in [3.63, 3.8) is 0 Å². The topological polar surface area (TPSA) is 67.7 Å². The lowest BCUT2D eigenvalue weighted by atomic mass is 10.5. The minimum absolute atomic E-state index is 0.247.